The Morgan fingerprint density at radius 1 is 1.19 bits per heavy atom. The fourth-order valence-corrected chi connectivity index (χ4v) is 2.49. The standard InChI is InChI=1S/C17H20FNO2/c1-11-7-8-13(15(18)9-11)17(20)14(10-19)12-5-3-4-6-16(12)21-2/h3-9,14,17,20H,10,19H2,1-2H3. The topological polar surface area (TPSA) is 55.5 Å². The summed E-state index contributed by atoms with van der Waals surface area (Å²) in [5.74, 6) is -0.214. The zero-order chi connectivity index (χ0) is 15.4. The third-order valence-electron chi connectivity index (χ3n) is 3.65. The zero-order valence-electron chi connectivity index (χ0n) is 12.2. The van der Waals surface area contributed by atoms with Crippen molar-refractivity contribution >= 4 is 0 Å². The third kappa shape index (κ3) is 3.23. The van der Waals surface area contributed by atoms with Crippen molar-refractivity contribution in [1.82, 2.24) is 0 Å². The lowest BCUT2D eigenvalue weighted by molar-refractivity contribution is 0.141. The van der Waals surface area contributed by atoms with Crippen LogP contribution in [0, 0.1) is 12.7 Å². The summed E-state index contributed by atoms with van der Waals surface area (Å²) in [6, 6.07) is 12.1. The molecule has 0 heterocycles. The normalized spacial score (nSPS) is 13.8. The molecule has 0 amide bonds. The van der Waals surface area contributed by atoms with Crippen LogP contribution in [0.15, 0.2) is 42.5 Å². The van der Waals surface area contributed by atoms with Crippen molar-refractivity contribution < 1.29 is 14.2 Å². The van der Waals surface area contributed by atoms with E-state index < -0.39 is 17.8 Å². The number of nitrogens with two attached hydrogens (primary N) is 1. The maximum Gasteiger partial charge on any atom is 0.129 e. The Kier molecular flexibility index (Phi) is 4.94. The van der Waals surface area contributed by atoms with Crippen LogP contribution in [0.2, 0.25) is 0 Å². The first-order valence-electron chi connectivity index (χ1n) is 6.85. The van der Waals surface area contributed by atoms with Crippen molar-refractivity contribution in [3.8, 4) is 5.75 Å². The van der Waals surface area contributed by atoms with Crippen LogP contribution >= 0.6 is 0 Å². The fraction of sp³-hybridized carbons (Fsp3) is 0.294. The molecule has 21 heavy (non-hydrogen) atoms. The second kappa shape index (κ2) is 6.70. The molecule has 0 radical (unpaired) electrons. The predicted octanol–water partition coefficient (Wildman–Crippen LogP) is 2.92. The van der Waals surface area contributed by atoms with E-state index in [4.69, 9.17) is 10.5 Å². The van der Waals surface area contributed by atoms with Crippen molar-refractivity contribution in [2.24, 2.45) is 5.73 Å². The monoisotopic (exact) mass is 289 g/mol. The van der Waals surface area contributed by atoms with Crippen molar-refractivity contribution in [2.45, 2.75) is 18.9 Å². The van der Waals surface area contributed by atoms with E-state index in [9.17, 15) is 9.50 Å². The molecule has 0 spiro atoms. The number of rotatable bonds is 5. The van der Waals surface area contributed by atoms with Gasteiger partial charge in [-0.25, -0.2) is 4.39 Å². The Balaban J connectivity index is 2.40. The highest BCUT2D eigenvalue weighted by Crippen LogP contribution is 2.36. The number of hydrogen-bond acceptors (Lipinski definition) is 3. The molecule has 2 unspecified atom stereocenters. The quantitative estimate of drug-likeness (QED) is 0.890. The minimum atomic E-state index is -1.02. The third-order valence-corrected chi connectivity index (χ3v) is 3.65. The highest BCUT2D eigenvalue weighted by molar-refractivity contribution is 5.39. The molecule has 2 aromatic rings. The number of benzene rings is 2. The van der Waals surface area contributed by atoms with Crippen molar-refractivity contribution in [1.29, 1.82) is 0 Å². The number of ether oxygens (including phenoxy) is 1. The van der Waals surface area contributed by atoms with Crippen LogP contribution < -0.4 is 10.5 Å². The van der Waals surface area contributed by atoms with E-state index in [-0.39, 0.29) is 12.1 Å². The van der Waals surface area contributed by atoms with Crippen LogP contribution in [0.1, 0.15) is 28.7 Å². The van der Waals surface area contributed by atoms with Gasteiger partial charge in [-0.2, -0.15) is 0 Å². The van der Waals surface area contributed by atoms with Gasteiger partial charge in [-0.05, 0) is 24.6 Å². The molecule has 3 nitrogen and oxygen atoms in total. The molecule has 0 saturated heterocycles. The number of aliphatic hydroxyl groups is 1. The van der Waals surface area contributed by atoms with Crippen LogP contribution in [0.4, 0.5) is 4.39 Å². The number of para-hydroxylation sites is 1. The van der Waals surface area contributed by atoms with Crippen LogP contribution in [0.3, 0.4) is 0 Å². The molecule has 0 fully saturated rings. The molecular formula is C17H20FNO2. The van der Waals surface area contributed by atoms with Crippen LogP contribution in [-0.2, 0) is 0 Å². The Morgan fingerprint density at radius 3 is 2.52 bits per heavy atom. The molecule has 3 N–H and O–H groups in total. The second-order valence-corrected chi connectivity index (χ2v) is 5.05. The fourth-order valence-electron chi connectivity index (χ4n) is 2.49. The summed E-state index contributed by atoms with van der Waals surface area (Å²) < 4.78 is 19.4. The summed E-state index contributed by atoms with van der Waals surface area (Å²) in [5.41, 5.74) is 7.64. The van der Waals surface area contributed by atoms with Gasteiger partial charge in [0.15, 0.2) is 0 Å². The highest BCUT2D eigenvalue weighted by atomic mass is 19.1. The average Bonchev–Trinajstić information content (AvgIpc) is 2.48. The van der Waals surface area contributed by atoms with Gasteiger partial charge in [-0.1, -0.05) is 30.3 Å². The Morgan fingerprint density at radius 2 is 1.90 bits per heavy atom. The molecule has 0 bridgehead atoms. The van der Waals surface area contributed by atoms with Gasteiger partial charge in [0.2, 0.25) is 0 Å². The van der Waals surface area contributed by atoms with Gasteiger partial charge >= 0.3 is 0 Å². The Hall–Kier alpha value is -1.91. The maximum absolute atomic E-state index is 14.1. The number of aliphatic hydroxyl groups excluding tert-OH is 1. The lowest BCUT2D eigenvalue weighted by Crippen LogP contribution is -2.21. The van der Waals surface area contributed by atoms with Gasteiger partial charge in [-0.3, -0.25) is 0 Å². The zero-order valence-corrected chi connectivity index (χ0v) is 12.2. The van der Waals surface area contributed by atoms with E-state index in [1.807, 2.05) is 18.2 Å². The van der Waals surface area contributed by atoms with E-state index in [1.54, 1.807) is 32.2 Å². The van der Waals surface area contributed by atoms with Crippen molar-refractivity contribution in [3.05, 3.63) is 65.0 Å². The number of aryl methyl sites for hydroxylation is 1. The molecule has 0 aliphatic heterocycles. The highest BCUT2D eigenvalue weighted by Gasteiger charge is 2.26. The SMILES string of the molecule is COc1ccccc1C(CN)C(O)c1ccc(C)cc1F. The summed E-state index contributed by atoms with van der Waals surface area (Å²) in [5, 5.41) is 10.5. The molecule has 112 valence electrons. The largest absolute Gasteiger partial charge is 0.496 e. The minimum Gasteiger partial charge on any atom is -0.496 e. The van der Waals surface area contributed by atoms with Gasteiger partial charge in [0.1, 0.15) is 11.6 Å². The predicted molar refractivity (Wildman–Crippen MR) is 80.9 cm³/mol. The number of hydrogen-bond donors (Lipinski definition) is 2. The van der Waals surface area contributed by atoms with Crippen molar-refractivity contribution in [3.63, 3.8) is 0 Å². The molecule has 0 aliphatic carbocycles. The van der Waals surface area contributed by atoms with Crippen LogP contribution in [-0.4, -0.2) is 18.8 Å². The molecule has 2 rings (SSSR count). The molecule has 0 aliphatic rings. The minimum absolute atomic E-state index is 0.189. The van der Waals surface area contributed by atoms with Crippen molar-refractivity contribution in [2.75, 3.05) is 13.7 Å². The van der Waals surface area contributed by atoms with Gasteiger partial charge in [-0.15, -0.1) is 0 Å². The van der Waals surface area contributed by atoms with Gasteiger partial charge in [0.25, 0.3) is 0 Å². The Bertz CT molecular complexity index is 615. The van der Waals surface area contributed by atoms with Gasteiger partial charge in [0.05, 0.1) is 13.2 Å². The lowest BCUT2D eigenvalue weighted by Gasteiger charge is -2.24. The molecule has 0 saturated carbocycles. The second-order valence-electron chi connectivity index (χ2n) is 5.05. The molecular weight excluding hydrogens is 269 g/mol. The average molecular weight is 289 g/mol. The summed E-state index contributed by atoms with van der Waals surface area (Å²) in [6.07, 6.45) is -1.02. The van der Waals surface area contributed by atoms with E-state index in [0.29, 0.717) is 5.75 Å². The molecule has 2 aromatic carbocycles. The van der Waals surface area contributed by atoms with Crippen LogP contribution in [0.5, 0.6) is 5.75 Å². The Labute approximate surface area is 124 Å². The summed E-state index contributed by atoms with van der Waals surface area (Å²) in [4.78, 5) is 0. The summed E-state index contributed by atoms with van der Waals surface area (Å²) in [7, 11) is 1.56. The first-order chi connectivity index (χ1) is 10.1. The number of methoxy groups -OCH3 is 1. The maximum atomic E-state index is 14.1. The molecule has 2 atom stereocenters. The summed E-state index contributed by atoms with van der Waals surface area (Å²) >= 11 is 0. The first kappa shape index (κ1) is 15.5. The molecule has 0 aromatic heterocycles. The van der Waals surface area contributed by atoms with E-state index in [2.05, 4.69) is 0 Å². The first-order valence-corrected chi connectivity index (χ1v) is 6.85. The van der Waals surface area contributed by atoms with Gasteiger partial charge < -0.3 is 15.6 Å². The van der Waals surface area contributed by atoms with E-state index >= 15 is 0 Å². The van der Waals surface area contributed by atoms with Crippen LogP contribution in [0.25, 0.3) is 0 Å². The lowest BCUT2D eigenvalue weighted by atomic mass is 9.88. The smallest absolute Gasteiger partial charge is 0.129 e. The van der Waals surface area contributed by atoms with Gasteiger partial charge in [0, 0.05) is 23.6 Å². The van der Waals surface area contributed by atoms with E-state index in [1.165, 1.54) is 6.07 Å². The van der Waals surface area contributed by atoms with E-state index in [0.717, 1.165) is 11.1 Å². The number of halogens is 1. The molecule has 4 heteroatoms. The summed E-state index contributed by atoms with van der Waals surface area (Å²) in [6.45, 7) is 1.99.